The van der Waals surface area contributed by atoms with Gasteiger partial charge in [-0.05, 0) is 48.9 Å². The second-order valence-electron chi connectivity index (χ2n) is 8.75. The molecule has 0 fully saturated rings. The number of hydrogen-bond acceptors (Lipinski definition) is 7. The molecular formula is C29H22ClF2NO7. The summed E-state index contributed by atoms with van der Waals surface area (Å²) in [6, 6.07) is 10.4. The van der Waals surface area contributed by atoms with Crippen LogP contribution in [0.25, 0.3) is 11.0 Å². The van der Waals surface area contributed by atoms with Crippen LogP contribution in [0.3, 0.4) is 0 Å². The molecule has 1 aliphatic heterocycles. The number of amides is 1. The topological polar surface area (TPSA) is 98.4 Å². The number of fused-ring (bicyclic) bond motifs is 1. The molecule has 206 valence electrons. The largest absolute Gasteiger partial charge is 0.503 e. The number of Topliss-reactive ketones (excluding diaryl/α,β-unsaturated/α-hetero) is 1. The smallest absolute Gasteiger partial charge is 0.294 e. The summed E-state index contributed by atoms with van der Waals surface area (Å²) in [4.78, 5) is 28.2. The van der Waals surface area contributed by atoms with Crippen LogP contribution < -0.4 is 19.1 Å². The number of aliphatic hydroxyl groups excluding tert-OH is 1. The van der Waals surface area contributed by atoms with Gasteiger partial charge in [-0.1, -0.05) is 17.7 Å². The van der Waals surface area contributed by atoms with E-state index in [1.807, 2.05) is 0 Å². The number of halogens is 3. The zero-order valence-corrected chi connectivity index (χ0v) is 22.2. The molecule has 0 spiro atoms. The summed E-state index contributed by atoms with van der Waals surface area (Å²) in [5.74, 6) is -4.06. The van der Waals surface area contributed by atoms with Gasteiger partial charge < -0.3 is 23.7 Å². The van der Waals surface area contributed by atoms with E-state index in [0.717, 1.165) is 17.0 Å². The molecule has 11 heteroatoms. The summed E-state index contributed by atoms with van der Waals surface area (Å²) in [5.41, 5.74) is -0.228. The lowest BCUT2D eigenvalue weighted by Crippen LogP contribution is -2.32. The van der Waals surface area contributed by atoms with E-state index in [-0.39, 0.29) is 46.3 Å². The van der Waals surface area contributed by atoms with E-state index in [0.29, 0.717) is 22.2 Å². The highest BCUT2D eigenvalue weighted by Gasteiger charge is 2.46. The first-order valence-corrected chi connectivity index (χ1v) is 12.4. The summed E-state index contributed by atoms with van der Waals surface area (Å²) in [5, 5.41) is 11.8. The number of aliphatic hydroxyl groups is 1. The van der Waals surface area contributed by atoms with E-state index in [2.05, 4.69) is 0 Å². The third-order valence-corrected chi connectivity index (χ3v) is 6.63. The molecule has 0 saturated heterocycles. The van der Waals surface area contributed by atoms with Crippen LogP contribution >= 0.6 is 11.6 Å². The van der Waals surface area contributed by atoms with E-state index in [9.17, 15) is 19.1 Å². The molecule has 1 unspecified atom stereocenters. The van der Waals surface area contributed by atoms with Crippen LogP contribution in [0.15, 0.2) is 70.3 Å². The number of benzene rings is 3. The van der Waals surface area contributed by atoms with Gasteiger partial charge in [0.2, 0.25) is 5.78 Å². The predicted octanol–water partition coefficient (Wildman–Crippen LogP) is 6.56. The van der Waals surface area contributed by atoms with E-state index >= 15 is 4.39 Å². The number of ketones is 1. The van der Waals surface area contributed by atoms with Crippen molar-refractivity contribution in [3.63, 3.8) is 0 Å². The van der Waals surface area contributed by atoms with Gasteiger partial charge in [0.1, 0.15) is 11.6 Å². The Morgan fingerprint density at radius 1 is 1.02 bits per heavy atom. The van der Waals surface area contributed by atoms with E-state index in [1.54, 1.807) is 25.1 Å². The minimum absolute atomic E-state index is 0.223. The first-order valence-electron chi connectivity index (χ1n) is 12.0. The van der Waals surface area contributed by atoms with Crippen LogP contribution in [0.1, 0.15) is 29.1 Å². The van der Waals surface area contributed by atoms with Gasteiger partial charge in [0.05, 0.1) is 38.1 Å². The van der Waals surface area contributed by atoms with Gasteiger partial charge in [-0.2, -0.15) is 0 Å². The summed E-state index contributed by atoms with van der Waals surface area (Å²) >= 11 is 6.15. The van der Waals surface area contributed by atoms with Crippen molar-refractivity contribution in [1.29, 1.82) is 0 Å². The molecule has 1 N–H and O–H groups in total. The molecule has 40 heavy (non-hydrogen) atoms. The molecule has 1 atom stereocenters. The van der Waals surface area contributed by atoms with Crippen molar-refractivity contribution >= 4 is 39.9 Å². The van der Waals surface area contributed by atoms with Gasteiger partial charge >= 0.3 is 0 Å². The molecule has 0 bridgehead atoms. The van der Waals surface area contributed by atoms with E-state index in [1.165, 1.54) is 32.4 Å². The Morgan fingerprint density at radius 2 is 1.77 bits per heavy atom. The van der Waals surface area contributed by atoms with Crippen molar-refractivity contribution in [3.8, 4) is 17.2 Å². The Kier molecular flexibility index (Phi) is 7.12. The Bertz CT molecular complexity index is 1700. The maximum Gasteiger partial charge on any atom is 0.294 e. The minimum Gasteiger partial charge on any atom is -0.503 e. The van der Waals surface area contributed by atoms with Gasteiger partial charge in [-0.15, -0.1) is 0 Å². The Labute approximate surface area is 231 Å². The summed E-state index contributed by atoms with van der Waals surface area (Å²) in [6.07, 6.45) is 0. The molecule has 8 nitrogen and oxygen atoms in total. The molecule has 1 aliphatic rings. The van der Waals surface area contributed by atoms with Crippen molar-refractivity contribution in [3.05, 3.63) is 93.9 Å². The van der Waals surface area contributed by atoms with Crippen LogP contribution in [-0.2, 0) is 4.79 Å². The van der Waals surface area contributed by atoms with Crippen LogP contribution in [0.4, 0.5) is 14.5 Å². The van der Waals surface area contributed by atoms with Crippen molar-refractivity contribution in [1.82, 2.24) is 0 Å². The summed E-state index contributed by atoms with van der Waals surface area (Å²) in [6.45, 7) is 2.03. The number of carbonyl (C=O) groups excluding carboxylic acids is 2. The normalized spacial score (nSPS) is 15.2. The van der Waals surface area contributed by atoms with E-state index < -0.39 is 35.1 Å². The maximum absolute atomic E-state index is 15.0. The van der Waals surface area contributed by atoms with Gasteiger partial charge in [0, 0.05) is 22.5 Å². The molecule has 0 radical (unpaired) electrons. The molecule has 2 heterocycles. The summed E-state index contributed by atoms with van der Waals surface area (Å²) in [7, 11) is 2.85. The molecule has 0 saturated carbocycles. The number of ether oxygens (including phenoxy) is 3. The highest BCUT2D eigenvalue weighted by molar-refractivity contribution is 6.31. The van der Waals surface area contributed by atoms with Crippen molar-refractivity contribution < 1.29 is 42.1 Å². The Balaban J connectivity index is 1.70. The maximum atomic E-state index is 15.0. The SMILES string of the molecule is CCOc1cc(C2C(C(=O)c3cc4cc(Cl)cc(OC)c4o3)=C(O)C(=O)N2c2ccc(F)cc2F)ccc1OC. The molecule has 1 amide bonds. The molecule has 3 aromatic carbocycles. The number of carbonyl (C=O) groups is 2. The van der Waals surface area contributed by atoms with Crippen LogP contribution in [0.2, 0.25) is 5.02 Å². The van der Waals surface area contributed by atoms with Crippen molar-refractivity contribution in [2.45, 2.75) is 13.0 Å². The summed E-state index contributed by atoms with van der Waals surface area (Å²) < 4.78 is 50.8. The number of hydrogen-bond donors (Lipinski definition) is 1. The predicted molar refractivity (Wildman–Crippen MR) is 143 cm³/mol. The van der Waals surface area contributed by atoms with Gasteiger partial charge in [-0.3, -0.25) is 14.5 Å². The number of furan rings is 1. The molecule has 5 rings (SSSR count). The second-order valence-corrected chi connectivity index (χ2v) is 9.18. The number of anilines is 1. The lowest BCUT2D eigenvalue weighted by molar-refractivity contribution is -0.117. The highest BCUT2D eigenvalue weighted by atomic mass is 35.5. The standard InChI is InChI=1S/C29H22ClF2NO7/c1-4-39-21-10-14(5-8-20(21)37-2)25-24(27(35)29(36)33(25)19-7-6-17(31)13-18(19)32)26(34)22-11-15-9-16(30)12-23(38-3)28(15)40-22/h5-13,25,35H,4H2,1-3H3. The fourth-order valence-electron chi connectivity index (χ4n) is 4.69. The van der Waals surface area contributed by atoms with Crippen molar-refractivity contribution in [2.24, 2.45) is 0 Å². The Hall–Kier alpha value is -4.57. The first kappa shape index (κ1) is 27.0. The third-order valence-electron chi connectivity index (χ3n) is 6.42. The number of methoxy groups -OCH3 is 2. The fraction of sp³-hybridized carbons (Fsp3) is 0.172. The zero-order valence-electron chi connectivity index (χ0n) is 21.5. The highest BCUT2D eigenvalue weighted by Crippen LogP contribution is 2.45. The van der Waals surface area contributed by atoms with Crippen LogP contribution in [0, 0.1) is 11.6 Å². The molecule has 0 aliphatic carbocycles. The Morgan fingerprint density at radius 3 is 2.45 bits per heavy atom. The monoisotopic (exact) mass is 569 g/mol. The van der Waals surface area contributed by atoms with Crippen LogP contribution in [0.5, 0.6) is 17.2 Å². The number of nitrogens with zero attached hydrogens (tertiary/aromatic N) is 1. The second kappa shape index (κ2) is 10.5. The van der Waals surface area contributed by atoms with Crippen LogP contribution in [-0.4, -0.2) is 37.6 Å². The minimum atomic E-state index is -1.34. The number of rotatable bonds is 8. The molecular weight excluding hydrogens is 548 g/mol. The zero-order chi connectivity index (χ0) is 28.7. The lowest BCUT2D eigenvalue weighted by atomic mass is 9.94. The molecule has 1 aromatic heterocycles. The van der Waals surface area contributed by atoms with Gasteiger partial charge in [0.15, 0.2) is 34.4 Å². The fourth-order valence-corrected chi connectivity index (χ4v) is 4.91. The first-order chi connectivity index (χ1) is 19.2. The molecule has 4 aromatic rings. The lowest BCUT2D eigenvalue weighted by Gasteiger charge is -2.27. The van der Waals surface area contributed by atoms with E-state index in [4.69, 9.17) is 30.2 Å². The van der Waals surface area contributed by atoms with Crippen molar-refractivity contribution in [2.75, 3.05) is 25.7 Å². The van der Waals surface area contributed by atoms with Gasteiger partial charge in [-0.25, -0.2) is 8.78 Å². The quantitative estimate of drug-likeness (QED) is 0.240. The average molecular weight is 570 g/mol. The van der Waals surface area contributed by atoms with Gasteiger partial charge in [0.25, 0.3) is 5.91 Å². The third kappa shape index (κ3) is 4.50. The average Bonchev–Trinajstić information content (AvgIpc) is 3.47.